The van der Waals surface area contributed by atoms with Crippen LogP contribution < -0.4 is 9.47 Å². The molecular formula is C16H24O3. The molecule has 0 aliphatic heterocycles. The average molecular weight is 264 g/mol. The molecule has 1 fully saturated rings. The van der Waals surface area contributed by atoms with Gasteiger partial charge in [-0.2, -0.15) is 0 Å². The molecule has 1 aromatic carbocycles. The molecule has 1 aliphatic carbocycles. The Morgan fingerprint density at radius 3 is 2.47 bits per heavy atom. The molecule has 1 saturated carbocycles. The van der Waals surface area contributed by atoms with Crippen molar-refractivity contribution in [3.8, 4) is 11.5 Å². The first-order chi connectivity index (χ1) is 9.00. The third kappa shape index (κ3) is 2.71. The van der Waals surface area contributed by atoms with Gasteiger partial charge in [-0.05, 0) is 43.2 Å². The van der Waals surface area contributed by atoms with Gasteiger partial charge in [-0.15, -0.1) is 0 Å². The van der Waals surface area contributed by atoms with E-state index in [0.29, 0.717) is 17.6 Å². The Labute approximate surface area is 115 Å². The highest BCUT2D eigenvalue weighted by molar-refractivity contribution is 5.44. The lowest BCUT2D eigenvalue weighted by molar-refractivity contribution is -0.0351. The van der Waals surface area contributed by atoms with E-state index in [-0.39, 0.29) is 0 Å². The summed E-state index contributed by atoms with van der Waals surface area (Å²) in [4.78, 5) is 0. The van der Waals surface area contributed by atoms with Gasteiger partial charge in [-0.25, -0.2) is 0 Å². The van der Waals surface area contributed by atoms with Crippen LogP contribution in [0.4, 0.5) is 0 Å². The molecule has 1 N–H and O–H groups in total. The summed E-state index contributed by atoms with van der Waals surface area (Å²) in [6, 6.07) is 5.66. The van der Waals surface area contributed by atoms with E-state index in [9.17, 15) is 5.11 Å². The largest absolute Gasteiger partial charge is 0.497 e. The maximum atomic E-state index is 11.0. The molecule has 3 nitrogen and oxygen atoms in total. The Morgan fingerprint density at radius 2 is 1.89 bits per heavy atom. The number of benzene rings is 1. The van der Waals surface area contributed by atoms with Crippen molar-refractivity contribution in [2.24, 2.45) is 11.8 Å². The van der Waals surface area contributed by atoms with Crippen molar-refractivity contribution in [1.82, 2.24) is 0 Å². The van der Waals surface area contributed by atoms with Gasteiger partial charge < -0.3 is 14.6 Å². The second-order valence-electron chi connectivity index (χ2n) is 5.80. The lowest BCUT2D eigenvalue weighted by Gasteiger charge is -2.40. The van der Waals surface area contributed by atoms with Gasteiger partial charge in [0.2, 0.25) is 0 Å². The fraction of sp³-hybridized carbons (Fsp3) is 0.625. The topological polar surface area (TPSA) is 38.7 Å². The Bertz CT molecular complexity index is 444. The molecule has 0 amide bonds. The lowest BCUT2D eigenvalue weighted by Crippen LogP contribution is -2.35. The second-order valence-corrected chi connectivity index (χ2v) is 5.80. The molecule has 0 saturated heterocycles. The molecule has 3 unspecified atom stereocenters. The normalized spacial score (nSPS) is 31.0. The van der Waals surface area contributed by atoms with E-state index in [1.165, 1.54) is 0 Å². The van der Waals surface area contributed by atoms with Gasteiger partial charge in [-0.3, -0.25) is 0 Å². The van der Waals surface area contributed by atoms with E-state index in [4.69, 9.17) is 9.47 Å². The molecule has 0 radical (unpaired) electrons. The molecule has 1 aliphatic rings. The van der Waals surface area contributed by atoms with Gasteiger partial charge >= 0.3 is 0 Å². The zero-order valence-corrected chi connectivity index (χ0v) is 12.3. The Balaban J connectivity index is 2.35. The highest BCUT2D eigenvalue weighted by Gasteiger charge is 2.39. The van der Waals surface area contributed by atoms with E-state index < -0.39 is 5.60 Å². The highest BCUT2D eigenvalue weighted by atomic mass is 16.5. The fourth-order valence-corrected chi connectivity index (χ4v) is 3.01. The fourth-order valence-electron chi connectivity index (χ4n) is 3.01. The zero-order chi connectivity index (χ0) is 14.0. The van der Waals surface area contributed by atoms with Crippen LogP contribution in [0.25, 0.3) is 0 Å². The second kappa shape index (κ2) is 5.41. The van der Waals surface area contributed by atoms with Crippen molar-refractivity contribution in [1.29, 1.82) is 0 Å². The van der Waals surface area contributed by atoms with Crippen molar-refractivity contribution in [3.05, 3.63) is 23.8 Å². The van der Waals surface area contributed by atoms with Crippen LogP contribution in [-0.2, 0) is 5.60 Å². The molecule has 19 heavy (non-hydrogen) atoms. The first-order valence-corrected chi connectivity index (χ1v) is 6.95. The third-order valence-corrected chi connectivity index (χ3v) is 4.55. The van der Waals surface area contributed by atoms with Crippen LogP contribution in [0.1, 0.15) is 38.7 Å². The molecule has 0 heterocycles. The molecule has 0 aromatic heterocycles. The summed E-state index contributed by atoms with van der Waals surface area (Å²) >= 11 is 0. The summed E-state index contributed by atoms with van der Waals surface area (Å²) in [6.07, 6.45) is 2.63. The van der Waals surface area contributed by atoms with E-state index in [1.807, 2.05) is 18.2 Å². The van der Waals surface area contributed by atoms with Crippen LogP contribution in [0.3, 0.4) is 0 Å². The van der Waals surface area contributed by atoms with Gasteiger partial charge in [0.05, 0.1) is 19.8 Å². The van der Waals surface area contributed by atoms with Crippen LogP contribution >= 0.6 is 0 Å². The first kappa shape index (κ1) is 14.2. The Morgan fingerprint density at radius 1 is 1.16 bits per heavy atom. The summed E-state index contributed by atoms with van der Waals surface area (Å²) in [5, 5.41) is 11.0. The summed E-state index contributed by atoms with van der Waals surface area (Å²) < 4.78 is 10.6. The van der Waals surface area contributed by atoms with Crippen LogP contribution in [-0.4, -0.2) is 19.3 Å². The van der Waals surface area contributed by atoms with E-state index in [0.717, 1.165) is 30.6 Å². The molecule has 1 aromatic rings. The number of hydrogen-bond donors (Lipinski definition) is 1. The number of rotatable bonds is 3. The maximum Gasteiger partial charge on any atom is 0.128 e. The minimum atomic E-state index is -0.774. The van der Waals surface area contributed by atoms with E-state index in [1.54, 1.807) is 14.2 Å². The lowest BCUT2D eigenvalue weighted by atomic mass is 9.70. The third-order valence-electron chi connectivity index (χ3n) is 4.55. The molecule has 2 rings (SSSR count). The summed E-state index contributed by atoms with van der Waals surface area (Å²) in [7, 11) is 3.27. The molecule has 3 atom stereocenters. The average Bonchev–Trinajstić information content (AvgIpc) is 2.42. The minimum Gasteiger partial charge on any atom is -0.497 e. The SMILES string of the molecule is COc1ccc(C2(O)CCC(C)C(C)C2)c(OC)c1. The number of ether oxygens (including phenoxy) is 2. The number of methoxy groups -OCH3 is 2. The molecule has 0 spiro atoms. The molecular weight excluding hydrogens is 240 g/mol. The van der Waals surface area contributed by atoms with E-state index in [2.05, 4.69) is 13.8 Å². The van der Waals surface area contributed by atoms with Gasteiger partial charge in [0.15, 0.2) is 0 Å². The monoisotopic (exact) mass is 264 g/mol. The number of hydrogen-bond acceptors (Lipinski definition) is 3. The predicted octanol–water partition coefficient (Wildman–Crippen LogP) is 3.35. The Hall–Kier alpha value is -1.22. The van der Waals surface area contributed by atoms with Gasteiger partial charge in [0, 0.05) is 11.6 Å². The Kier molecular flexibility index (Phi) is 4.04. The molecule has 3 heteroatoms. The smallest absolute Gasteiger partial charge is 0.128 e. The summed E-state index contributed by atoms with van der Waals surface area (Å²) in [5.74, 6) is 2.65. The van der Waals surface area contributed by atoms with Crippen LogP contribution in [0, 0.1) is 11.8 Å². The molecule has 0 bridgehead atoms. The standard InChI is InChI=1S/C16H24O3/c1-11-7-8-16(17,10-12(11)2)14-6-5-13(18-3)9-15(14)19-4/h5-6,9,11-12,17H,7-8,10H2,1-4H3. The maximum absolute atomic E-state index is 11.0. The zero-order valence-electron chi connectivity index (χ0n) is 12.3. The van der Waals surface area contributed by atoms with Crippen molar-refractivity contribution < 1.29 is 14.6 Å². The van der Waals surface area contributed by atoms with Crippen molar-refractivity contribution >= 4 is 0 Å². The first-order valence-electron chi connectivity index (χ1n) is 6.95. The summed E-state index contributed by atoms with van der Waals surface area (Å²) in [5.41, 5.74) is 0.110. The van der Waals surface area contributed by atoms with Crippen molar-refractivity contribution in [2.45, 2.75) is 38.7 Å². The van der Waals surface area contributed by atoms with Crippen molar-refractivity contribution in [3.63, 3.8) is 0 Å². The van der Waals surface area contributed by atoms with Gasteiger partial charge in [0.25, 0.3) is 0 Å². The minimum absolute atomic E-state index is 0.519. The molecule has 106 valence electrons. The quantitative estimate of drug-likeness (QED) is 0.910. The van der Waals surface area contributed by atoms with Crippen LogP contribution in [0.2, 0.25) is 0 Å². The van der Waals surface area contributed by atoms with Gasteiger partial charge in [-0.1, -0.05) is 13.8 Å². The van der Waals surface area contributed by atoms with E-state index >= 15 is 0 Å². The van der Waals surface area contributed by atoms with Crippen LogP contribution in [0.15, 0.2) is 18.2 Å². The number of aliphatic hydroxyl groups is 1. The predicted molar refractivity (Wildman–Crippen MR) is 75.6 cm³/mol. The van der Waals surface area contributed by atoms with Gasteiger partial charge in [0.1, 0.15) is 11.5 Å². The summed E-state index contributed by atoms with van der Waals surface area (Å²) in [6.45, 7) is 4.47. The van der Waals surface area contributed by atoms with Crippen molar-refractivity contribution in [2.75, 3.05) is 14.2 Å². The highest BCUT2D eigenvalue weighted by Crippen LogP contribution is 2.45. The van der Waals surface area contributed by atoms with Crippen LogP contribution in [0.5, 0.6) is 11.5 Å².